The summed E-state index contributed by atoms with van der Waals surface area (Å²) in [5.41, 5.74) is 3.51. The molecule has 6 nitrogen and oxygen atoms in total. The predicted octanol–water partition coefficient (Wildman–Crippen LogP) is 6.60. The lowest BCUT2D eigenvalue weighted by Crippen LogP contribution is -1.92. The zero-order chi connectivity index (χ0) is 22.1. The van der Waals surface area contributed by atoms with E-state index in [0.717, 1.165) is 37.4 Å². The van der Waals surface area contributed by atoms with Gasteiger partial charge in [0.15, 0.2) is 5.16 Å². The van der Waals surface area contributed by atoms with Crippen molar-refractivity contribution in [3.8, 4) is 11.8 Å². The van der Waals surface area contributed by atoms with Gasteiger partial charge in [-0.3, -0.25) is 0 Å². The zero-order valence-electron chi connectivity index (χ0n) is 16.8. The maximum atomic E-state index is 11.1. The van der Waals surface area contributed by atoms with Gasteiger partial charge in [0, 0.05) is 30.7 Å². The number of rotatable bonds is 3. The molecule has 0 fully saturated rings. The van der Waals surface area contributed by atoms with Crippen molar-refractivity contribution >= 4 is 81.3 Å². The molecule has 0 saturated heterocycles. The molecule has 158 valence electrons. The van der Waals surface area contributed by atoms with Gasteiger partial charge in [0.2, 0.25) is 11.8 Å². The Hall–Kier alpha value is -2.55. The van der Waals surface area contributed by atoms with Crippen LogP contribution in [0, 0.1) is 0 Å². The fraction of sp³-hybridized carbons (Fsp3) is 0.0455. The van der Waals surface area contributed by atoms with Crippen LogP contribution in [0.25, 0.3) is 43.6 Å². The largest absolute Gasteiger partial charge is 0.493 e. The lowest BCUT2D eigenvalue weighted by atomic mass is 10.1. The number of fused-ring (bicyclic) bond motifs is 8. The summed E-state index contributed by atoms with van der Waals surface area (Å²) in [4.78, 5) is 6.02. The fourth-order valence-corrected chi connectivity index (χ4v) is 6.75. The van der Waals surface area contributed by atoms with E-state index < -0.39 is 0 Å². The van der Waals surface area contributed by atoms with Crippen LogP contribution in [-0.2, 0) is 7.05 Å². The molecule has 10 heteroatoms. The highest BCUT2D eigenvalue weighted by Crippen LogP contribution is 2.51. The minimum Gasteiger partial charge on any atom is -0.493 e. The van der Waals surface area contributed by atoms with E-state index in [0.29, 0.717) is 24.3 Å². The molecular weight excluding hydrogens is 477 g/mol. The Balaban J connectivity index is 1.87. The molecule has 6 rings (SSSR count). The van der Waals surface area contributed by atoms with Crippen LogP contribution in [0.15, 0.2) is 64.6 Å². The van der Waals surface area contributed by atoms with Gasteiger partial charge in [-0.05, 0) is 27.6 Å². The zero-order valence-corrected chi connectivity index (χ0v) is 20.7. The molecule has 0 saturated carbocycles. The normalized spacial score (nSPS) is 12.2. The molecule has 1 atom stereocenters. The number of nitrogens with zero attached hydrogens (tertiary/aromatic N) is 4. The maximum absolute atomic E-state index is 11.1. The smallest absolute Gasteiger partial charge is 0.212 e. The molecule has 0 aliphatic rings. The summed E-state index contributed by atoms with van der Waals surface area (Å²) in [5, 5.41) is 26.1. The highest BCUT2D eigenvalue weighted by molar-refractivity contribution is 7.99. The summed E-state index contributed by atoms with van der Waals surface area (Å²) in [6, 6.07) is 18.2. The molecule has 0 bridgehead atoms. The van der Waals surface area contributed by atoms with Gasteiger partial charge in [0.05, 0.1) is 27.3 Å². The van der Waals surface area contributed by atoms with Crippen LogP contribution >= 0.6 is 37.7 Å². The Labute approximate surface area is 193 Å². The molecule has 3 heterocycles. The van der Waals surface area contributed by atoms with Crippen molar-refractivity contribution in [2.24, 2.45) is 7.05 Å². The van der Waals surface area contributed by atoms with Crippen LogP contribution < -0.4 is 0 Å². The van der Waals surface area contributed by atoms with E-state index in [9.17, 15) is 10.2 Å². The minimum absolute atomic E-state index is 0.00494. The first-order valence-corrected chi connectivity index (χ1v) is 13.3. The second kappa shape index (κ2) is 7.23. The van der Waals surface area contributed by atoms with E-state index in [2.05, 4.69) is 26.8 Å². The fourth-order valence-electron chi connectivity index (χ4n) is 4.45. The van der Waals surface area contributed by atoms with E-state index in [1.54, 1.807) is 11.8 Å². The first-order valence-electron chi connectivity index (χ1n) is 9.76. The predicted molar refractivity (Wildman–Crippen MR) is 139 cm³/mol. The van der Waals surface area contributed by atoms with Crippen molar-refractivity contribution in [2.45, 2.75) is 10.1 Å². The van der Waals surface area contributed by atoms with Crippen LogP contribution in [0.5, 0.6) is 11.8 Å². The molecule has 0 aliphatic heterocycles. The van der Waals surface area contributed by atoms with Crippen molar-refractivity contribution in [1.29, 1.82) is 0 Å². The third kappa shape index (κ3) is 2.57. The summed E-state index contributed by atoms with van der Waals surface area (Å²) in [7, 11) is 8.72. The van der Waals surface area contributed by atoms with E-state index in [1.165, 1.54) is 4.34 Å². The van der Waals surface area contributed by atoms with Gasteiger partial charge >= 0.3 is 0 Å². The van der Waals surface area contributed by atoms with Crippen molar-refractivity contribution in [3.05, 3.63) is 54.6 Å². The average molecular weight is 494 g/mol. The standard InChI is InChI=1S/C22H17N4O2P3S/c1-24-19-17(23-22(24)32-11-7-3-2-4-8-11)16-15(20(27)26(31-30)21(16)28)14-12-9-5-6-10-13(12)25(29)18(14)19/h2-10,27-28,30H,29H2,1H3. The molecule has 3 aromatic heterocycles. The second-order valence-electron chi connectivity index (χ2n) is 7.49. The van der Waals surface area contributed by atoms with Gasteiger partial charge in [0.25, 0.3) is 0 Å². The van der Waals surface area contributed by atoms with Gasteiger partial charge in [-0.25, -0.2) is 9.32 Å². The van der Waals surface area contributed by atoms with Gasteiger partial charge in [-0.2, -0.15) is 0 Å². The quantitative estimate of drug-likeness (QED) is 0.272. The molecule has 6 aromatic rings. The van der Waals surface area contributed by atoms with Crippen molar-refractivity contribution in [3.63, 3.8) is 0 Å². The second-order valence-corrected chi connectivity index (χ2v) is 10.2. The van der Waals surface area contributed by atoms with E-state index in [-0.39, 0.29) is 11.8 Å². The lowest BCUT2D eigenvalue weighted by Gasteiger charge is -2.05. The maximum Gasteiger partial charge on any atom is 0.212 e. The monoisotopic (exact) mass is 494 g/mol. The first-order chi connectivity index (χ1) is 15.5. The highest BCUT2D eigenvalue weighted by atomic mass is 32.2. The molecular formula is C22H17N4O2P3S. The molecule has 0 spiro atoms. The van der Waals surface area contributed by atoms with Crippen molar-refractivity contribution in [2.75, 3.05) is 0 Å². The SMILES string of the molecule is Cn1c(Sc2ccccc2)nc2c3c(O)n(P=P)c(O)c3c3c4ccccc4n(P)c3c21. The first kappa shape index (κ1) is 20.1. The number of imidazole rings is 1. The molecule has 3 aromatic carbocycles. The van der Waals surface area contributed by atoms with Crippen molar-refractivity contribution < 1.29 is 10.2 Å². The van der Waals surface area contributed by atoms with E-state index in [4.69, 9.17) is 4.98 Å². The molecule has 0 radical (unpaired) electrons. The summed E-state index contributed by atoms with van der Waals surface area (Å²) in [6.45, 7) is 0. The molecule has 32 heavy (non-hydrogen) atoms. The van der Waals surface area contributed by atoms with Crippen LogP contribution in [-0.4, -0.2) is 28.4 Å². The number of hydrogen-bond acceptors (Lipinski definition) is 4. The molecule has 0 amide bonds. The Morgan fingerprint density at radius 2 is 1.62 bits per heavy atom. The van der Waals surface area contributed by atoms with Gasteiger partial charge in [-0.15, -0.1) is 0 Å². The summed E-state index contributed by atoms with van der Waals surface area (Å²) in [6.07, 6.45) is 0. The third-order valence-electron chi connectivity index (χ3n) is 5.83. The van der Waals surface area contributed by atoms with Crippen molar-refractivity contribution in [1.82, 2.24) is 18.2 Å². The number of hydrogen-bond donors (Lipinski definition) is 2. The average Bonchev–Trinajstić information content (AvgIpc) is 3.37. The number of aromatic hydroxyl groups is 2. The number of aryl methyl sites for hydroxylation is 1. The Bertz CT molecular complexity index is 1720. The number of aromatic nitrogens is 4. The molecule has 0 aliphatic carbocycles. The van der Waals surface area contributed by atoms with Gasteiger partial charge in [-0.1, -0.05) is 56.7 Å². The van der Waals surface area contributed by atoms with Crippen LogP contribution in [0.2, 0.25) is 0 Å². The Morgan fingerprint density at radius 3 is 2.38 bits per heavy atom. The molecule has 1 unspecified atom stereocenters. The van der Waals surface area contributed by atoms with Gasteiger partial charge < -0.3 is 19.1 Å². The third-order valence-corrected chi connectivity index (χ3v) is 8.60. The van der Waals surface area contributed by atoms with Crippen LogP contribution in [0.3, 0.4) is 0 Å². The molecule has 2 N–H and O–H groups in total. The highest BCUT2D eigenvalue weighted by Gasteiger charge is 2.28. The van der Waals surface area contributed by atoms with Crippen LogP contribution in [0.4, 0.5) is 0 Å². The lowest BCUT2D eigenvalue weighted by molar-refractivity contribution is 0.420. The van der Waals surface area contributed by atoms with Gasteiger partial charge in [0.1, 0.15) is 5.52 Å². The van der Waals surface area contributed by atoms with E-state index in [1.807, 2.05) is 61.6 Å². The minimum atomic E-state index is -0.0176. The summed E-state index contributed by atoms with van der Waals surface area (Å²) >= 11 is 1.57. The topological polar surface area (TPSA) is 68.1 Å². The number of para-hydroxylation sites is 1. The number of benzene rings is 3. The summed E-state index contributed by atoms with van der Waals surface area (Å²) in [5.74, 6) is -0.0126. The summed E-state index contributed by atoms with van der Waals surface area (Å²) < 4.78 is 5.55. The van der Waals surface area contributed by atoms with Crippen LogP contribution in [0.1, 0.15) is 0 Å². The Kier molecular flexibility index (Phi) is 4.54. The van der Waals surface area contributed by atoms with E-state index >= 15 is 0 Å². The Morgan fingerprint density at radius 1 is 0.938 bits per heavy atom.